The first-order chi connectivity index (χ1) is 14.0. The molecule has 0 saturated heterocycles. The summed E-state index contributed by atoms with van der Waals surface area (Å²) in [5, 5.41) is 11.4. The van der Waals surface area contributed by atoms with E-state index in [1.165, 1.54) is 41.5 Å². The van der Waals surface area contributed by atoms with Gasteiger partial charge in [0, 0.05) is 35.2 Å². The Hall–Kier alpha value is -3.74. The Morgan fingerprint density at radius 2 is 1.86 bits per heavy atom. The van der Waals surface area contributed by atoms with Gasteiger partial charge in [-0.15, -0.1) is 0 Å². The molecule has 0 fully saturated rings. The van der Waals surface area contributed by atoms with Crippen molar-refractivity contribution < 1.29 is 18.9 Å². The number of benzene rings is 2. The number of aryl methyl sites for hydroxylation is 2. The molecule has 1 heterocycles. The van der Waals surface area contributed by atoms with Gasteiger partial charge in [-0.1, -0.05) is 0 Å². The summed E-state index contributed by atoms with van der Waals surface area (Å²) in [5.74, 6) is -0.578. The third-order valence-corrected chi connectivity index (χ3v) is 4.93. The van der Waals surface area contributed by atoms with E-state index in [-0.39, 0.29) is 12.3 Å². The number of fused-ring (bicyclic) bond motifs is 2. The molecule has 0 aliphatic heterocycles. The minimum Gasteiger partial charge on any atom is -0.458 e. The summed E-state index contributed by atoms with van der Waals surface area (Å²) in [4.78, 5) is 34.1. The fraction of sp³-hybridized carbons (Fsp3) is 0.182. The second-order valence-corrected chi connectivity index (χ2v) is 6.85. The Kier molecular flexibility index (Phi) is 4.95. The molecule has 0 amide bonds. The van der Waals surface area contributed by atoms with Crippen molar-refractivity contribution in [2.75, 3.05) is 0 Å². The first-order valence-corrected chi connectivity index (χ1v) is 9.17. The van der Waals surface area contributed by atoms with Crippen molar-refractivity contribution in [2.45, 2.75) is 25.9 Å². The summed E-state index contributed by atoms with van der Waals surface area (Å²) in [6.07, 6.45) is 5.79. The number of esters is 1. The Bertz CT molecular complexity index is 1190. The first-order valence-electron chi connectivity index (χ1n) is 9.17. The molecule has 146 valence electrons. The van der Waals surface area contributed by atoms with Gasteiger partial charge >= 0.3 is 11.6 Å². The van der Waals surface area contributed by atoms with Crippen LogP contribution in [0.4, 0.5) is 5.69 Å². The summed E-state index contributed by atoms with van der Waals surface area (Å²) in [7, 11) is 0. The molecule has 0 N–H and O–H groups in total. The van der Waals surface area contributed by atoms with Crippen LogP contribution in [-0.4, -0.2) is 10.9 Å². The Morgan fingerprint density at radius 1 is 1.14 bits per heavy atom. The lowest BCUT2D eigenvalue weighted by Crippen LogP contribution is -2.06. The third kappa shape index (κ3) is 4.08. The van der Waals surface area contributed by atoms with Gasteiger partial charge in [0.25, 0.3) is 5.69 Å². The van der Waals surface area contributed by atoms with Crippen molar-refractivity contribution in [1.29, 1.82) is 0 Å². The van der Waals surface area contributed by atoms with Crippen LogP contribution in [0.2, 0.25) is 0 Å². The lowest BCUT2D eigenvalue weighted by Gasteiger charge is -2.08. The number of rotatable bonds is 5. The monoisotopic (exact) mass is 391 g/mol. The van der Waals surface area contributed by atoms with E-state index < -0.39 is 16.5 Å². The maximum atomic E-state index is 12.1. The average Bonchev–Trinajstić information content (AvgIpc) is 3.16. The molecule has 1 aromatic heterocycles. The van der Waals surface area contributed by atoms with E-state index in [1.54, 1.807) is 12.1 Å². The van der Waals surface area contributed by atoms with Gasteiger partial charge in [-0.25, -0.2) is 9.59 Å². The van der Waals surface area contributed by atoms with E-state index in [1.807, 2.05) is 12.1 Å². The van der Waals surface area contributed by atoms with Crippen LogP contribution in [0.5, 0.6) is 0 Å². The molecular formula is C22H17NO6. The van der Waals surface area contributed by atoms with Gasteiger partial charge in [0.1, 0.15) is 12.2 Å². The summed E-state index contributed by atoms with van der Waals surface area (Å²) in [6.45, 7) is -0.0513. The standard InChI is InChI=1S/C22H17NO6/c24-21(9-6-14-4-7-18(8-5-14)23(26)27)28-13-17-12-22(25)29-20-11-16-3-1-2-15(16)10-19(17)20/h4-12H,1-3,13H2/b9-6-. The fourth-order valence-corrected chi connectivity index (χ4v) is 3.48. The zero-order valence-electron chi connectivity index (χ0n) is 15.4. The first kappa shape index (κ1) is 18.6. The molecule has 7 heteroatoms. The minimum absolute atomic E-state index is 0.0222. The van der Waals surface area contributed by atoms with E-state index in [0.29, 0.717) is 16.7 Å². The summed E-state index contributed by atoms with van der Waals surface area (Å²) >= 11 is 0. The summed E-state index contributed by atoms with van der Waals surface area (Å²) in [6, 6.07) is 11.1. The van der Waals surface area contributed by atoms with Crippen molar-refractivity contribution in [1.82, 2.24) is 0 Å². The molecule has 4 rings (SSSR count). The van der Waals surface area contributed by atoms with Crippen LogP contribution in [0.1, 0.15) is 28.7 Å². The number of carbonyl (C=O) groups excluding carboxylic acids is 1. The van der Waals surface area contributed by atoms with Crippen LogP contribution in [-0.2, 0) is 29.0 Å². The molecule has 29 heavy (non-hydrogen) atoms. The van der Waals surface area contributed by atoms with Gasteiger partial charge in [0.2, 0.25) is 0 Å². The number of hydrogen-bond donors (Lipinski definition) is 0. The third-order valence-electron chi connectivity index (χ3n) is 4.93. The lowest BCUT2D eigenvalue weighted by atomic mass is 10.0. The largest absolute Gasteiger partial charge is 0.458 e. The van der Waals surface area contributed by atoms with Crippen molar-refractivity contribution in [3.05, 3.63) is 91.3 Å². The van der Waals surface area contributed by atoms with Gasteiger partial charge in [-0.2, -0.15) is 0 Å². The van der Waals surface area contributed by atoms with Crippen LogP contribution >= 0.6 is 0 Å². The van der Waals surface area contributed by atoms with Gasteiger partial charge in [0.05, 0.1) is 4.92 Å². The predicted octanol–water partition coefficient (Wildman–Crippen LogP) is 3.95. The number of nitrogens with zero attached hydrogens (tertiary/aromatic N) is 1. The highest BCUT2D eigenvalue weighted by Crippen LogP contribution is 2.28. The number of nitro benzene ring substituents is 1. The van der Waals surface area contributed by atoms with Gasteiger partial charge in [-0.05, 0) is 66.3 Å². The topological polar surface area (TPSA) is 99.6 Å². The lowest BCUT2D eigenvalue weighted by molar-refractivity contribution is -0.384. The minimum atomic E-state index is -0.578. The molecule has 3 aromatic rings. The zero-order chi connectivity index (χ0) is 20.4. The normalized spacial score (nSPS) is 13.0. The van der Waals surface area contributed by atoms with Crippen LogP contribution in [0.15, 0.2) is 57.8 Å². The van der Waals surface area contributed by atoms with Crippen molar-refractivity contribution in [3.8, 4) is 0 Å². The molecule has 2 aromatic carbocycles. The Labute approximate surface area is 165 Å². The smallest absolute Gasteiger partial charge is 0.336 e. The van der Waals surface area contributed by atoms with Crippen LogP contribution in [0.25, 0.3) is 17.0 Å². The highest BCUT2D eigenvalue weighted by Gasteiger charge is 2.15. The van der Waals surface area contributed by atoms with E-state index in [2.05, 4.69) is 0 Å². The van der Waals surface area contributed by atoms with Crippen LogP contribution in [0.3, 0.4) is 0 Å². The SMILES string of the molecule is O=C(/C=C\c1ccc([N+](=O)[O-])cc1)OCc1cc(=O)oc2cc3c(cc12)CCC3. The van der Waals surface area contributed by atoms with E-state index in [9.17, 15) is 19.7 Å². The van der Waals surface area contributed by atoms with Gasteiger partial charge in [0.15, 0.2) is 0 Å². The number of hydrogen-bond acceptors (Lipinski definition) is 6. The number of nitro groups is 1. The van der Waals surface area contributed by atoms with E-state index >= 15 is 0 Å². The molecule has 1 aliphatic rings. The summed E-state index contributed by atoms with van der Waals surface area (Å²) in [5.41, 5.74) is 3.66. The maximum Gasteiger partial charge on any atom is 0.336 e. The molecule has 0 radical (unpaired) electrons. The van der Waals surface area contributed by atoms with Crippen LogP contribution in [0, 0.1) is 10.1 Å². The molecule has 0 unspecified atom stereocenters. The maximum absolute atomic E-state index is 12.1. The molecular weight excluding hydrogens is 374 g/mol. The van der Waals surface area contributed by atoms with Gasteiger partial charge in [-0.3, -0.25) is 10.1 Å². The molecule has 0 spiro atoms. The second-order valence-electron chi connectivity index (χ2n) is 6.85. The van der Waals surface area contributed by atoms with Crippen molar-refractivity contribution >= 4 is 28.7 Å². The van der Waals surface area contributed by atoms with Crippen LogP contribution < -0.4 is 5.63 Å². The molecule has 0 bridgehead atoms. The van der Waals surface area contributed by atoms with Crippen molar-refractivity contribution in [3.63, 3.8) is 0 Å². The molecule has 0 atom stereocenters. The highest BCUT2D eigenvalue weighted by atomic mass is 16.6. The number of ether oxygens (including phenoxy) is 1. The Morgan fingerprint density at radius 3 is 2.59 bits per heavy atom. The number of carbonyl (C=O) groups is 1. The highest BCUT2D eigenvalue weighted by molar-refractivity contribution is 5.87. The van der Waals surface area contributed by atoms with Gasteiger partial charge < -0.3 is 9.15 Å². The molecule has 7 nitrogen and oxygen atoms in total. The fourth-order valence-electron chi connectivity index (χ4n) is 3.48. The molecule has 1 aliphatic carbocycles. The number of non-ortho nitro benzene ring substituents is 1. The van der Waals surface area contributed by atoms with Crippen molar-refractivity contribution in [2.24, 2.45) is 0 Å². The predicted molar refractivity (Wildman–Crippen MR) is 106 cm³/mol. The average molecular weight is 391 g/mol. The Balaban J connectivity index is 1.48. The second kappa shape index (κ2) is 7.71. The van der Waals surface area contributed by atoms with E-state index in [4.69, 9.17) is 9.15 Å². The quantitative estimate of drug-likeness (QED) is 0.215. The molecule has 0 saturated carbocycles. The zero-order valence-corrected chi connectivity index (χ0v) is 15.4. The van der Waals surface area contributed by atoms with E-state index in [0.717, 1.165) is 24.6 Å². The summed E-state index contributed by atoms with van der Waals surface area (Å²) < 4.78 is 10.6.